The van der Waals surface area contributed by atoms with E-state index in [2.05, 4.69) is 27.0 Å². The van der Waals surface area contributed by atoms with Gasteiger partial charge in [0.15, 0.2) is 0 Å². The van der Waals surface area contributed by atoms with Crippen LogP contribution in [0.5, 0.6) is 0 Å². The zero-order valence-corrected chi connectivity index (χ0v) is 31.9. The Hall–Kier alpha value is -2.95. The van der Waals surface area contributed by atoms with Gasteiger partial charge in [-0.15, -0.1) is 0 Å². The Kier molecular flexibility index (Phi) is 12.5. The molecule has 6 aliphatic rings. The summed E-state index contributed by atoms with van der Waals surface area (Å²) in [6.07, 6.45) is 9.10. The molecule has 5 fully saturated rings. The molecule has 3 heterocycles. The van der Waals surface area contributed by atoms with Gasteiger partial charge in [0.1, 0.15) is 23.2 Å². The minimum absolute atomic E-state index is 0.132. The zero-order valence-electron chi connectivity index (χ0n) is 31.9. The number of hydrogen-bond donors (Lipinski definition) is 6. The third kappa shape index (κ3) is 10.1. The molecule has 0 spiro atoms. The number of carboxylic acid groups (broad SMARTS) is 1. The van der Waals surface area contributed by atoms with E-state index in [-0.39, 0.29) is 49.3 Å². The average molecular weight is 768 g/mol. The van der Waals surface area contributed by atoms with Crippen molar-refractivity contribution in [2.45, 2.75) is 165 Å². The monoisotopic (exact) mass is 767 g/mol. The molecule has 6 N–H and O–H groups in total. The molecule has 8 atom stereocenters. The molecule has 3 saturated carbocycles. The lowest BCUT2D eigenvalue weighted by Gasteiger charge is -2.40. The van der Waals surface area contributed by atoms with Crippen molar-refractivity contribution in [2.75, 3.05) is 6.54 Å². The number of aliphatic carboxylic acids is 1. The second-order valence-corrected chi connectivity index (χ2v) is 17.8. The first-order valence-corrected chi connectivity index (χ1v) is 20.2. The smallest absolute Gasteiger partial charge is 0.408 e. The van der Waals surface area contributed by atoms with Crippen molar-refractivity contribution in [3.8, 4) is 0 Å². The first kappa shape index (κ1) is 40.7. The number of ether oxygens (including phenoxy) is 1. The summed E-state index contributed by atoms with van der Waals surface area (Å²) in [5, 5.41) is 17.6. The number of hydrazine groups is 3. The van der Waals surface area contributed by atoms with Crippen LogP contribution in [0.15, 0.2) is 12.2 Å². The van der Waals surface area contributed by atoms with E-state index in [1.165, 1.54) is 4.90 Å². The molecule has 6 rings (SSSR count). The Morgan fingerprint density at radius 2 is 1.70 bits per heavy atom. The van der Waals surface area contributed by atoms with Crippen molar-refractivity contribution < 1.29 is 42.2 Å². The van der Waals surface area contributed by atoms with E-state index in [4.69, 9.17) is 4.74 Å². The molecule has 304 valence electrons. The summed E-state index contributed by atoms with van der Waals surface area (Å²) in [6, 6.07) is -2.29. The maximum Gasteiger partial charge on any atom is 0.408 e. The first-order chi connectivity index (χ1) is 25.5. The van der Waals surface area contributed by atoms with Gasteiger partial charge in [-0.2, -0.15) is 23.8 Å². The number of amides is 3. The normalized spacial score (nSPS) is 38.0. The summed E-state index contributed by atoms with van der Waals surface area (Å²) >= 11 is 0. The molecule has 54 heavy (non-hydrogen) atoms. The van der Waals surface area contributed by atoms with Crippen LogP contribution < -0.4 is 27.0 Å². The second-order valence-electron chi connectivity index (χ2n) is 17.8. The zero-order chi connectivity index (χ0) is 38.8. The van der Waals surface area contributed by atoms with Gasteiger partial charge < -0.3 is 25.4 Å². The van der Waals surface area contributed by atoms with Crippen LogP contribution in [-0.4, -0.2) is 87.2 Å². The SMILES string of the molecule is CC(C)(C)OC(=O)N[C@H]1CCCCC/C=C\[C@@H]2C[C@@]2(C(=O)O)NC(=O)[C@@H]2C[C@@H](N3NNC(C4CCCC(C5CCC(CC(F)(F)F)CC5)C4)N3)CN2C1=O. The summed E-state index contributed by atoms with van der Waals surface area (Å²) in [4.78, 5) is 55.3. The van der Waals surface area contributed by atoms with E-state index in [1.54, 1.807) is 25.9 Å². The highest BCUT2D eigenvalue weighted by molar-refractivity contribution is 5.96. The molecular formula is C38H60F3N7O6. The van der Waals surface area contributed by atoms with Crippen LogP contribution in [0.4, 0.5) is 18.0 Å². The van der Waals surface area contributed by atoms with E-state index in [0.29, 0.717) is 37.5 Å². The fourth-order valence-electron chi connectivity index (χ4n) is 9.68. The number of rotatable bonds is 6. The number of allylic oxidation sites excluding steroid dienone is 1. The molecule has 2 saturated heterocycles. The highest BCUT2D eigenvalue weighted by atomic mass is 19.4. The predicted octanol–water partition coefficient (Wildman–Crippen LogP) is 5.05. The minimum Gasteiger partial charge on any atom is -0.479 e. The molecular weight excluding hydrogens is 707 g/mol. The van der Waals surface area contributed by atoms with E-state index < -0.39 is 59.7 Å². The van der Waals surface area contributed by atoms with Gasteiger partial charge in [0.25, 0.3) is 0 Å². The van der Waals surface area contributed by atoms with Gasteiger partial charge >= 0.3 is 18.2 Å². The maximum atomic E-state index is 14.4. The van der Waals surface area contributed by atoms with Crippen molar-refractivity contribution >= 4 is 23.9 Å². The van der Waals surface area contributed by atoms with Gasteiger partial charge in [-0.25, -0.2) is 20.4 Å². The molecule has 3 aliphatic carbocycles. The van der Waals surface area contributed by atoms with E-state index in [0.717, 1.165) is 57.8 Å². The minimum atomic E-state index is -4.11. The topological polar surface area (TPSA) is 164 Å². The molecule has 3 aliphatic heterocycles. The Labute approximate surface area is 316 Å². The molecule has 0 bridgehead atoms. The van der Waals surface area contributed by atoms with Crippen LogP contribution in [0.3, 0.4) is 0 Å². The Bertz CT molecular complexity index is 1400. The molecule has 0 aromatic carbocycles. The molecule has 0 aromatic heterocycles. The van der Waals surface area contributed by atoms with Crippen molar-refractivity contribution in [1.29, 1.82) is 0 Å². The fraction of sp³-hybridized carbons (Fsp3) is 0.842. The van der Waals surface area contributed by atoms with Crippen LogP contribution >= 0.6 is 0 Å². The van der Waals surface area contributed by atoms with Gasteiger partial charge in [-0.05, 0) is 115 Å². The summed E-state index contributed by atoms with van der Waals surface area (Å²) in [5.41, 5.74) is 7.91. The average Bonchev–Trinajstić information content (AvgIpc) is 3.40. The van der Waals surface area contributed by atoms with E-state index >= 15 is 0 Å². The van der Waals surface area contributed by atoms with Crippen LogP contribution in [0.25, 0.3) is 0 Å². The van der Waals surface area contributed by atoms with E-state index in [9.17, 15) is 37.5 Å². The second kappa shape index (κ2) is 16.6. The van der Waals surface area contributed by atoms with Gasteiger partial charge in [0.05, 0.1) is 12.2 Å². The lowest BCUT2D eigenvalue weighted by Crippen LogP contribution is -2.56. The van der Waals surface area contributed by atoms with Crippen LogP contribution in [-0.2, 0) is 19.1 Å². The van der Waals surface area contributed by atoms with Crippen LogP contribution in [0, 0.1) is 29.6 Å². The number of alkyl carbamates (subject to hydrolysis) is 1. The highest BCUT2D eigenvalue weighted by Gasteiger charge is 2.61. The van der Waals surface area contributed by atoms with Crippen LogP contribution in [0.2, 0.25) is 0 Å². The Morgan fingerprint density at radius 1 is 0.963 bits per heavy atom. The standard InChI is InChI=1S/C38H60F3N7O6/c1-36(2,3)54-35(53)42-29-13-8-6-4-5-7-12-27-21-37(27,34(51)52)43-32(49)30-19-28(22-47(30)33(29)50)48-45-31(44-46-48)26-11-9-10-25(18-26)24-16-14-23(15-17-24)20-38(39,40)41/h7,12,23-31,44-46H,4-6,8-11,13-22H2,1-3H3,(H,42,53)(H,43,49)(H,51,52)/b12-7-/t23?,24?,25?,26?,27-,28-,29+,30+,31?,37-/m1/s1. The van der Waals surface area contributed by atoms with Crippen molar-refractivity contribution in [3.63, 3.8) is 0 Å². The number of carboxylic acids is 1. The number of alkyl halides is 3. The van der Waals surface area contributed by atoms with Crippen molar-refractivity contribution in [1.82, 2.24) is 37.0 Å². The number of carbonyl (C=O) groups excluding carboxylic acids is 3. The molecule has 3 amide bonds. The lowest BCUT2D eigenvalue weighted by molar-refractivity contribution is -0.147. The molecule has 0 radical (unpaired) electrons. The number of carbonyl (C=O) groups is 4. The number of halogens is 3. The summed E-state index contributed by atoms with van der Waals surface area (Å²) in [5.74, 6) is -1.53. The van der Waals surface area contributed by atoms with Gasteiger partial charge in [-0.1, -0.05) is 37.8 Å². The largest absolute Gasteiger partial charge is 0.479 e. The third-order valence-electron chi connectivity index (χ3n) is 12.6. The molecule has 3 unspecified atom stereocenters. The third-order valence-corrected chi connectivity index (χ3v) is 12.6. The fourth-order valence-corrected chi connectivity index (χ4v) is 9.68. The lowest BCUT2D eigenvalue weighted by atomic mass is 9.68. The van der Waals surface area contributed by atoms with Crippen molar-refractivity contribution in [3.05, 3.63) is 12.2 Å². The van der Waals surface area contributed by atoms with Gasteiger partial charge in [0, 0.05) is 18.9 Å². The predicted molar refractivity (Wildman–Crippen MR) is 193 cm³/mol. The van der Waals surface area contributed by atoms with Gasteiger partial charge in [-0.3, -0.25) is 9.59 Å². The molecule has 0 aromatic rings. The van der Waals surface area contributed by atoms with Gasteiger partial charge in [0.2, 0.25) is 11.8 Å². The number of nitrogens with zero attached hydrogens (tertiary/aromatic N) is 2. The number of hydrogen-bond acceptors (Lipinski definition) is 9. The van der Waals surface area contributed by atoms with E-state index in [1.807, 2.05) is 12.2 Å². The van der Waals surface area contributed by atoms with Crippen LogP contribution in [0.1, 0.15) is 124 Å². The summed E-state index contributed by atoms with van der Waals surface area (Å²) < 4.78 is 44.5. The summed E-state index contributed by atoms with van der Waals surface area (Å²) in [6.45, 7) is 5.37. The quantitative estimate of drug-likeness (QED) is 0.202. The summed E-state index contributed by atoms with van der Waals surface area (Å²) in [7, 11) is 0. The maximum absolute atomic E-state index is 14.4. The molecule has 13 nitrogen and oxygen atoms in total. The Balaban J connectivity index is 1.13. The highest BCUT2D eigenvalue weighted by Crippen LogP contribution is 2.46. The van der Waals surface area contributed by atoms with Crippen molar-refractivity contribution in [2.24, 2.45) is 29.6 Å². The Morgan fingerprint density at radius 3 is 2.41 bits per heavy atom. The number of fused-ring (bicyclic) bond motifs is 2. The molecule has 16 heteroatoms. The first-order valence-electron chi connectivity index (χ1n) is 20.2. The number of nitrogens with one attached hydrogen (secondary N) is 5.